The zero-order valence-corrected chi connectivity index (χ0v) is 11.5. The van der Waals surface area contributed by atoms with Gasteiger partial charge in [-0.05, 0) is 23.6 Å². The van der Waals surface area contributed by atoms with E-state index in [1.165, 1.54) is 6.08 Å². The largest absolute Gasteiger partial charge is 0.480 e. The van der Waals surface area contributed by atoms with E-state index >= 15 is 0 Å². The Labute approximate surface area is 117 Å². The van der Waals surface area contributed by atoms with E-state index in [1.807, 2.05) is 0 Å². The summed E-state index contributed by atoms with van der Waals surface area (Å²) in [6.07, 6.45) is 2.83. The van der Waals surface area contributed by atoms with Gasteiger partial charge in [0.2, 0.25) is 5.91 Å². The number of hydrogen-bond donors (Lipinski definition) is 2. The Morgan fingerprint density at radius 3 is 2.47 bits per heavy atom. The molecule has 5 heteroatoms. The molecule has 2 N–H and O–H groups in total. The van der Waals surface area contributed by atoms with Crippen LogP contribution in [0.2, 0.25) is 5.02 Å². The van der Waals surface area contributed by atoms with E-state index in [2.05, 4.69) is 5.32 Å². The minimum absolute atomic E-state index is 0.185. The minimum Gasteiger partial charge on any atom is -0.480 e. The number of carbonyl (C=O) groups is 2. The molecule has 1 aromatic rings. The van der Waals surface area contributed by atoms with E-state index in [-0.39, 0.29) is 5.92 Å². The fraction of sp³-hybridized carbons (Fsp3) is 0.286. The molecule has 1 amide bonds. The molecule has 0 saturated carbocycles. The van der Waals surface area contributed by atoms with Crippen molar-refractivity contribution in [1.29, 1.82) is 0 Å². The number of amides is 1. The molecule has 0 spiro atoms. The summed E-state index contributed by atoms with van der Waals surface area (Å²) in [6, 6.07) is 6.18. The first-order valence-electron chi connectivity index (χ1n) is 5.87. The maximum Gasteiger partial charge on any atom is 0.326 e. The predicted molar refractivity (Wildman–Crippen MR) is 74.9 cm³/mol. The molecule has 0 aliphatic heterocycles. The molecule has 19 heavy (non-hydrogen) atoms. The van der Waals surface area contributed by atoms with Crippen molar-refractivity contribution < 1.29 is 14.7 Å². The third kappa shape index (κ3) is 4.75. The normalized spacial score (nSPS) is 12.6. The third-order valence-corrected chi connectivity index (χ3v) is 2.89. The van der Waals surface area contributed by atoms with Gasteiger partial charge in [0.25, 0.3) is 0 Å². The lowest BCUT2D eigenvalue weighted by atomic mass is 10.0. The van der Waals surface area contributed by atoms with Crippen LogP contribution in [0, 0.1) is 5.92 Å². The molecule has 0 radical (unpaired) electrons. The molecule has 102 valence electrons. The lowest BCUT2D eigenvalue weighted by Gasteiger charge is -2.16. The summed E-state index contributed by atoms with van der Waals surface area (Å²) in [6.45, 7) is 3.47. The molecular weight excluding hydrogens is 266 g/mol. The first-order valence-corrected chi connectivity index (χ1v) is 6.25. The summed E-state index contributed by atoms with van der Waals surface area (Å²) in [4.78, 5) is 22.6. The molecule has 0 aliphatic rings. The first-order chi connectivity index (χ1) is 8.91. The van der Waals surface area contributed by atoms with E-state index < -0.39 is 17.9 Å². The highest BCUT2D eigenvalue weighted by Crippen LogP contribution is 2.16. The topological polar surface area (TPSA) is 66.4 Å². The zero-order valence-electron chi connectivity index (χ0n) is 10.8. The Morgan fingerprint density at radius 2 is 1.95 bits per heavy atom. The van der Waals surface area contributed by atoms with Gasteiger partial charge in [0.1, 0.15) is 6.04 Å². The van der Waals surface area contributed by atoms with Crippen molar-refractivity contribution in [2.45, 2.75) is 19.9 Å². The van der Waals surface area contributed by atoms with Crippen LogP contribution in [0.3, 0.4) is 0 Å². The Bertz CT molecular complexity index is 497. The number of rotatable bonds is 5. The Balaban J connectivity index is 2.70. The maximum atomic E-state index is 11.6. The fourth-order valence-electron chi connectivity index (χ4n) is 1.49. The van der Waals surface area contributed by atoms with Crippen molar-refractivity contribution in [3.05, 3.63) is 40.9 Å². The van der Waals surface area contributed by atoms with E-state index in [1.54, 1.807) is 44.2 Å². The molecular formula is C14H16ClNO3. The second kappa shape index (κ2) is 6.95. The van der Waals surface area contributed by atoms with Crippen LogP contribution in [0.5, 0.6) is 0 Å². The summed E-state index contributed by atoms with van der Waals surface area (Å²) in [5.74, 6) is -1.69. The quantitative estimate of drug-likeness (QED) is 0.815. The number of carboxylic acid groups (broad SMARTS) is 1. The van der Waals surface area contributed by atoms with Gasteiger partial charge >= 0.3 is 5.97 Å². The van der Waals surface area contributed by atoms with Gasteiger partial charge in [-0.25, -0.2) is 4.79 Å². The van der Waals surface area contributed by atoms with Gasteiger partial charge in [-0.2, -0.15) is 0 Å². The lowest BCUT2D eigenvalue weighted by molar-refractivity contribution is -0.142. The molecule has 0 heterocycles. The molecule has 0 unspecified atom stereocenters. The number of hydrogen-bond acceptors (Lipinski definition) is 2. The van der Waals surface area contributed by atoms with E-state index in [4.69, 9.17) is 16.7 Å². The summed E-state index contributed by atoms with van der Waals surface area (Å²) in [5.41, 5.74) is 0.704. The smallest absolute Gasteiger partial charge is 0.326 e. The molecule has 0 aromatic heterocycles. The summed E-state index contributed by atoms with van der Waals surface area (Å²) in [5, 5.41) is 11.9. The molecule has 1 atom stereocenters. The highest BCUT2D eigenvalue weighted by atomic mass is 35.5. The summed E-state index contributed by atoms with van der Waals surface area (Å²) < 4.78 is 0. The summed E-state index contributed by atoms with van der Waals surface area (Å²) >= 11 is 5.94. The molecule has 1 rings (SSSR count). The predicted octanol–water partition coefficient (Wildman–Crippen LogP) is 2.58. The SMILES string of the molecule is CC(C)[C@@H](NC(=O)/C=C/c1ccccc1Cl)C(=O)O. The second-order valence-electron chi connectivity index (χ2n) is 4.42. The highest BCUT2D eigenvalue weighted by Gasteiger charge is 2.22. The number of carboxylic acids is 1. The van der Waals surface area contributed by atoms with Crippen LogP contribution in [0.25, 0.3) is 6.08 Å². The van der Waals surface area contributed by atoms with Crippen LogP contribution in [-0.4, -0.2) is 23.0 Å². The number of carbonyl (C=O) groups excluding carboxylic acids is 1. The Hall–Kier alpha value is -1.81. The van der Waals surface area contributed by atoms with Gasteiger partial charge in [0.15, 0.2) is 0 Å². The second-order valence-corrected chi connectivity index (χ2v) is 4.83. The number of aliphatic carboxylic acids is 1. The number of nitrogens with one attached hydrogen (secondary N) is 1. The third-order valence-electron chi connectivity index (χ3n) is 2.55. The zero-order chi connectivity index (χ0) is 14.4. The van der Waals surface area contributed by atoms with Crippen molar-refractivity contribution in [2.75, 3.05) is 0 Å². The van der Waals surface area contributed by atoms with Crippen LogP contribution < -0.4 is 5.32 Å². The summed E-state index contributed by atoms with van der Waals surface area (Å²) in [7, 11) is 0. The van der Waals surface area contributed by atoms with Crippen molar-refractivity contribution in [2.24, 2.45) is 5.92 Å². The van der Waals surface area contributed by atoms with Gasteiger partial charge in [-0.1, -0.05) is 43.6 Å². The van der Waals surface area contributed by atoms with E-state index in [0.717, 1.165) is 0 Å². The van der Waals surface area contributed by atoms with Crippen molar-refractivity contribution in [3.8, 4) is 0 Å². The molecule has 0 saturated heterocycles. The van der Waals surface area contributed by atoms with Crippen molar-refractivity contribution in [3.63, 3.8) is 0 Å². The van der Waals surface area contributed by atoms with Gasteiger partial charge in [0, 0.05) is 11.1 Å². The standard InChI is InChI=1S/C14H16ClNO3/c1-9(2)13(14(18)19)16-12(17)8-7-10-5-3-4-6-11(10)15/h3-9,13H,1-2H3,(H,16,17)(H,18,19)/b8-7+/t13-/m1/s1. The van der Waals surface area contributed by atoms with Crippen LogP contribution in [0.4, 0.5) is 0 Å². The molecule has 0 aliphatic carbocycles. The van der Waals surface area contributed by atoms with Crippen LogP contribution >= 0.6 is 11.6 Å². The van der Waals surface area contributed by atoms with Gasteiger partial charge in [-0.3, -0.25) is 4.79 Å². The first kappa shape index (κ1) is 15.2. The van der Waals surface area contributed by atoms with E-state index in [9.17, 15) is 9.59 Å². The van der Waals surface area contributed by atoms with Gasteiger partial charge in [0.05, 0.1) is 0 Å². The lowest BCUT2D eigenvalue weighted by Crippen LogP contribution is -2.43. The van der Waals surface area contributed by atoms with E-state index in [0.29, 0.717) is 10.6 Å². The maximum absolute atomic E-state index is 11.6. The van der Waals surface area contributed by atoms with Gasteiger partial charge in [-0.15, -0.1) is 0 Å². The van der Waals surface area contributed by atoms with Crippen LogP contribution in [0.1, 0.15) is 19.4 Å². The number of halogens is 1. The minimum atomic E-state index is -1.05. The average molecular weight is 282 g/mol. The molecule has 4 nitrogen and oxygen atoms in total. The Kier molecular flexibility index (Phi) is 5.57. The fourth-order valence-corrected chi connectivity index (χ4v) is 1.69. The Morgan fingerprint density at radius 1 is 1.32 bits per heavy atom. The van der Waals surface area contributed by atoms with Crippen molar-refractivity contribution in [1.82, 2.24) is 5.32 Å². The van der Waals surface area contributed by atoms with Crippen LogP contribution in [0.15, 0.2) is 30.3 Å². The van der Waals surface area contributed by atoms with Crippen molar-refractivity contribution >= 4 is 29.6 Å². The van der Waals surface area contributed by atoms with Gasteiger partial charge < -0.3 is 10.4 Å². The average Bonchev–Trinajstić information content (AvgIpc) is 2.34. The molecule has 1 aromatic carbocycles. The molecule has 0 bridgehead atoms. The highest BCUT2D eigenvalue weighted by molar-refractivity contribution is 6.32. The van der Waals surface area contributed by atoms with Crippen LogP contribution in [-0.2, 0) is 9.59 Å². The number of benzene rings is 1. The molecule has 0 fully saturated rings. The monoisotopic (exact) mass is 281 g/mol.